The molecule has 0 saturated heterocycles. The summed E-state index contributed by atoms with van der Waals surface area (Å²) in [5.74, 6) is 1.29. The second kappa shape index (κ2) is 7.13. The van der Waals surface area contributed by atoms with E-state index in [1.165, 1.54) is 5.82 Å². The van der Waals surface area contributed by atoms with Crippen molar-refractivity contribution in [1.82, 2.24) is 4.57 Å². The lowest BCUT2D eigenvalue weighted by Gasteiger charge is -2.38. The van der Waals surface area contributed by atoms with Crippen molar-refractivity contribution < 1.29 is 12.8 Å². The molecule has 0 amide bonds. The number of aryl methyl sites for hydroxylation is 2. The lowest BCUT2D eigenvalue weighted by molar-refractivity contribution is -0.677. The van der Waals surface area contributed by atoms with E-state index in [2.05, 4.69) is 81.3 Å². The Hall–Kier alpha value is -0.219. The van der Waals surface area contributed by atoms with E-state index in [-0.39, 0.29) is 0 Å². The van der Waals surface area contributed by atoms with Gasteiger partial charge in [0.2, 0.25) is 0 Å². The molecule has 4 nitrogen and oxygen atoms in total. The first-order chi connectivity index (χ1) is 9.81. The maximum atomic E-state index is 6.55. The molecule has 0 radical (unpaired) electrons. The SMILES string of the molecule is Cc1n(CCC[Si](C)(O[Si](C)(C)C)O[Si](C)(C)C)cc[n+]1C. The zero-order valence-electron chi connectivity index (χ0n) is 16.0. The fourth-order valence-electron chi connectivity index (χ4n) is 2.82. The molecule has 0 unspecified atom stereocenters. The third-order valence-corrected chi connectivity index (χ3v) is 13.1. The van der Waals surface area contributed by atoms with Crippen LogP contribution in [-0.4, -0.2) is 29.8 Å². The molecule has 1 rings (SSSR count). The van der Waals surface area contributed by atoms with Crippen LogP contribution in [0.4, 0.5) is 0 Å². The Bertz CT molecular complexity index is 474. The number of aromatic nitrogens is 2. The average molecular weight is 360 g/mol. The molecule has 7 heteroatoms. The van der Waals surface area contributed by atoms with Gasteiger partial charge in [-0.15, -0.1) is 0 Å². The lowest BCUT2D eigenvalue weighted by atomic mass is 10.4. The van der Waals surface area contributed by atoms with E-state index in [1.807, 2.05) is 0 Å². The van der Waals surface area contributed by atoms with Crippen LogP contribution >= 0.6 is 0 Å². The molecule has 0 spiro atoms. The molecule has 0 saturated carbocycles. The van der Waals surface area contributed by atoms with Crippen molar-refractivity contribution in [2.75, 3.05) is 0 Å². The van der Waals surface area contributed by atoms with E-state index in [9.17, 15) is 0 Å². The normalized spacial score (nSPS) is 13.7. The molecule has 0 aliphatic carbocycles. The Balaban J connectivity index is 2.70. The van der Waals surface area contributed by atoms with Gasteiger partial charge in [-0.05, 0) is 58.3 Å². The Labute approximate surface area is 140 Å². The summed E-state index contributed by atoms with van der Waals surface area (Å²) in [5.41, 5.74) is 0. The zero-order chi connectivity index (χ0) is 17.2. The fourth-order valence-corrected chi connectivity index (χ4v) is 15.3. The average Bonchev–Trinajstić information content (AvgIpc) is 2.55. The van der Waals surface area contributed by atoms with Crippen LogP contribution in [0.25, 0.3) is 0 Å². The topological polar surface area (TPSA) is 27.3 Å². The maximum absolute atomic E-state index is 6.55. The molecule has 1 aromatic rings. The summed E-state index contributed by atoms with van der Waals surface area (Å²) in [6.45, 7) is 19.1. The van der Waals surface area contributed by atoms with Crippen molar-refractivity contribution in [1.29, 1.82) is 0 Å². The largest absolute Gasteiger partial charge is 0.437 e. The van der Waals surface area contributed by atoms with Gasteiger partial charge in [-0.3, -0.25) is 0 Å². The van der Waals surface area contributed by atoms with Gasteiger partial charge in [0.05, 0.1) is 13.6 Å². The van der Waals surface area contributed by atoms with Crippen molar-refractivity contribution >= 4 is 25.2 Å². The summed E-state index contributed by atoms with van der Waals surface area (Å²) in [4.78, 5) is 0. The van der Waals surface area contributed by atoms with Gasteiger partial charge < -0.3 is 8.23 Å². The van der Waals surface area contributed by atoms with E-state index in [0.717, 1.165) is 19.0 Å². The van der Waals surface area contributed by atoms with Gasteiger partial charge in [0.1, 0.15) is 12.4 Å². The van der Waals surface area contributed by atoms with Crippen LogP contribution in [0.2, 0.25) is 51.9 Å². The number of rotatable bonds is 8. The van der Waals surface area contributed by atoms with Crippen LogP contribution in [0, 0.1) is 6.92 Å². The first-order valence-corrected chi connectivity index (χ1v) is 17.6. The monoisotopic (exact) mass is 359 g/mol. The minimum Gasteiger partial charge on any atom is -0.437 e. The first-order valence-electron chi connectivity index (χ1n) is 8.23. The predicted octanol–water partition coefficient (Wildman–Crippen LogP) is 3.79. The Kier molecular flexibility index (Phi) is 6.42. The van der Waals surface area contributed by atoms with Crippen LogP contribution in [0.5, 0.6) is 0 Å². The number of hydrogen-bond acceptors (Lipinski definition) is 2. The first kappa shape index (κ1) is 19.8. The van der Waals surface area contributed by atoms with E-state index >= 15 is 0 Å². The highest BCUT2D eigenvalue weighted by atomic mass is 28.5. The van der Waals surface area contributed by atoms with E-state index in [0.29, 0.717) is 0 Å². The number of nitrogens with zero attached hydrogens (tertiary/aromatic N) is 2. The van der Waals surface area contributed by atoms with Gasteiger partial charge in [0, 0.05) is 6.92 Å². The molecule has 0 atom stereocenters. The Morgan fingerprint density at radius 1 is 1.00 bits per heavy atom. The summed E-state index contributed by atoms with van der Waals surface area (Å²) in [6.07, 6.45) is 5.39. The molecule has 0 fully saturated rings. The molecule has 0 aliphatic rings. The van der Waals surface area contributed by atoms with Gasteiger partial charge >= 0.3 is 8.56 Å². The lowest BCUT2D eigenvalue weighted by Crippen LogP contribution is -2.52. The third-order valence-electron chi connectivity index (χ3n) is 3.47. The number of imidazole rings is 1. The van der Waals surface area contributed by atoms with Crippen molar-refractivity contribution in [3.05, 3.63) is 18.2 Å². The highest BCUT2D eigenvalue weighted by Crippen LogP contribution is 2.25. The summed E-state index contributed by atoms with van der Waals surface area (Å²) in [5, 5.41) is 0. The van der Waals surface area contributed by atoms with Crippen molar-refractivity contribution in [2.24, 2.45) is 7.05 Å². The smallest absolute Gasteiger partial charge is 0.314 e. The van der Waals surface area contributed by atoms with Crippen LogP contribution in [0.3, 0.4) is 0 Å². The van der Waals surface area contributed by atoms with Crippen LogP contribution in [-0.2, 0) is 21.8 Å². The molecule has 1 heterocycles. The van der Waals surface area contributed by atoms with Crippen LogP contribution < -0.4 is 4.57 Å². The molecular weight excluding hydrogens is 324 g/mol. The molecule has 128 valence electrons. The summed E-state index contributed by atoms with van der Waals surface area (Å²) in [6, 6.07) is 1.07. The molecule has 0 N–H and O–H groups in total. The van der Waals surface area contributed by atoms with Crippen molar-refractivity contribution in [3.63, 3.8) is 0 Å². The second-order valence-electron chi connectivity index (χ2n) is 8.32. The molecule has 0 aromatic carbocycles. The predicted molar refractivity (Wildman–Crippen MR) is 100 cm³/mol. The summed E-state index contributed by atoms with van der Waals surface area (Å²) in [7, 11) is -3.15. The highest BCUT2D eigenvalue weighted by molar-refractivity contribution is 6.87. The van der Waals surface area contributed by atoms with Gasteiger partial charge in [0.25, 0.3) is 5.82 Å². The van der Waals surface area contributed by atoms with Gasteiger partial charge in [-0.25, -0.2) is 9.13 Å². The zero-order valence-corrected chi connectivity index (χ0v) is 19.0. The van der Waals surface area contributed by atoms with Gasteiger partial charge in [-0.2, -0.15) is 0 Å². The van der Waals surface area contributed by atoms with Gasteiger partial charge in [0.15, 0.2) is 16.6 Å². The highest BCUT2D eigenvalue weighted by Gasteiger charge is 2.39. The van der Waals surface area contributed by atoms with Crippen LogP contribution in [0.15, 0.2) is 12.4 Å². The second-order valence-corrected chi connectivity index (χ2v) is 21.2. The van der Waals surface area contributed by atoms with Gasteiger partial charge in [-0.1, -0.05) is 0 Å². The minimum absolute atomic E-state index is 1.04. The standard InChI is InChI=1S/C15H35N2O2Si3/c1-15-16(2)12-13-17(15)11-10-14-22(9,18-20(3,4)5)19-21(6,7)8/h12-13H,10-11,14H2,1-9H3/q+1. The number of hydrogen-bond donors (Lipinski definition) is 0. The molecular formula is C15H35N2O2Si3+. The fraction of sp³-hybridized carbons (Fsp3) is 0.800. The Morgan fingerprint density at radius 2 is 1.50 bits per heavy atom. The summed E-state index contributed by atoms with van der Waals surface area (Å²) < 4.78 is 17.6. The molecule has 0 bridgehead atoms. The molecule has 22 heavy (non-hydrogen) atoms. The van der Waals surface area contributed by atoms with Crippen LogP contribution in [0.1, 0.15) is 12.2 Å². The third kappa shape index (κ3) is 6.91. The Morgan fingerprint density at radius 3 is 1.86 bits per heavy atom. The van der Waals surface area contributed by atoms with E-state index in [1.54, 1.807) is 0 Å². The quantitative estimate of drug-likeness (QED) is 0.522. The molecule has 1 aromatic heterocycles. The van der Waals surface area contributed by atoms with Crippen molar-refractivity contribution in [3.8, 4) is 0 Å². The minimum atomic E-state index is -2.08. The van der Waals surface area contributed by atoms with Crippen molar-refractivity contribution in [2.45, 2.75) is 71.8 Å². The van der Waals surface area contributed by atoms with E-state index in [4.69, 9.17) is 8.23 Å². The molecule has 0 aliphatic heterocycles. The summed E-state index contributed by atoms with van der Waals surface area (Å²) >= 11 is 0. The maximum Gasteiger partial charge on any atom is 0.314 e. The van der Waals surface area contributed by atoms with E-state index < -0.39 is 25.2 Å².